The lowest BCUT2D eigenvalue weighted by atomic mass is 10.0. The molecule has 1 amide bonds. The summed E-state index contributed by atoms with van der Waals surface area (Å²) in [4.78, 5) is 21.5. The van der Waals surface area contributed by atoms with Crippen molar-refractivity contribution in [2.75, 3.05) is 0 Å². The summed E-state index contributed by atoms with van der Waals surface area (Å²) in [5.74, 6) is -3.98. The van der Waals surface area contributed by atoms with Crippen LogP contribution in [-0.4, -0.2) is 35.8 Å². The van der Waals surface area contributed by atoms with Gasteiger partial charge in [0.15, 0.2) is 5.76 Å². The van der Waals surface area contributed by atoms with Crippen molar-refractivity contribution >= 4 is 21.9 Å². The van der Waals surface area contributed by atoms with Crippen LogP contribution in [-0.2, 0) is 19.6 Å². The van der Waals surface area contributed by atoms with Crippen LogP contribution >= 0.6 is 0 Å². The third-order valence-corrected chi connectivity index (χ3v) is 4.54. The highest BCUT2D eigenvalue weighted by Gasteiger charge is 2.29. The predicted molar refractivity (Wildman–Crippen MR) is 62.3 cm³/mol. The number of aliphatic carboxylic acids is 1. The third-order valence-electron chi connectivity index (χ3n) is 2.72. The molecule has 0 spiro atoms. The van der Waals surface area contributed by atoms with Crippen LogP contribution in [0.1, 0.15) is 32.1 Å². The summed E-state index contributed by atoms with van der Waals surface area (Å²) in [5.41, 5.74) is 0. The first-order valence-electron chi connectivity index (χ1n) is 5.52. The minimum Gasteiger partial charge on any atom is -0.503 e. The van der Waals surface area contributed by atoms with E-state index in [0.29, 0.717) is 12.8 Å². The molecule has 0 aromatic carbocycles. The van der Waals surface area contributed by atoms with Crippen LogP contribution in [0.2, 0.25) is 0 Å². The van der Waals surface area contributed by atoms with Crippen LogP contribution in [0.4, 0.5) is 0 Å². The van der Waals surface area contributed by atoms with Gasteiger partial charge in [0.25, 0.3) is 5.91 Å². The normalized spacial score (nSPS) is 18.3. The molecular weight excluding hydrogens is 262 g/mol. The minimum absolute atomic E-state index is 0.242. The number of nitrogens with one attached hydrogen (secondary N) is 1. The molecule has 1 aliphatic rings. The number of carbonyl (C=O) groups is 2. The lowest BCUT2D eigenvalue weighted by molar-refractivity contribution is -0.132. The average molecular weight is 277 g/mol. The van der Waals surface area contributed by atoms with Gasteiger partial charge in [0.05, 0.1) is 11.3 Å². The van der Waals surface area contributed by atoms with E-state index < -0.39 is 32.9 Å². The molecule has 0 radical (unpaired) electrons. The smallest absolute Gasteiger partial charge is 0.332 e. The van der Waals surface area contributed by atoms with E-state index in [9.17, 15) is 18.0 Å². The van der Waals surface area contributed by atoms with Crippen LogP contribution in [0.25, 0.3) is 0 Å². The second-order valence-corrected chi connectivity index (χ2v) is 6.06. The van der Waals surface area contributed by atoms with E-state index in [-0.39, 0.29) is 6.08 Å². The van der Waals surface area contributed by atoms with Crippen molar-refractivity contribution in [2.45, 2.75) is 37.4 Å². The van der Waals surface area contributed by atoms with Gasteiger partial charge in [0.2, 0.25) is 10.0 Å². The van der Waals surface area contributed by atoms with Crippen molar-refractivity contribution in [3.63, 3.8) is 0 Å². The Hall–Kier alpha value is -1.57. The Morgan fingerprint density at radius 2 is 1.67 bits per heavy atom. The van der Waals surface area contributed by atoms with Gasteiger partial charge in [0, 0.05) is 0 Å². The standard InChI is InChI=1S/C10H15NO6S/c12-8(6-9(13)14)10(15)11-18(16,17)7-4-2-1-3-5-7/h6-7,12H,1-5H2,(H,11,15)(H,13,14). The summed E-state index contributed by atoms with van der Waals surface area (Å²) < 4.78 is 25.2. The highest BCUT2D eigenvalue weighted by Crippen LogP contribution is 2.23. The van der Waals surface area contributed by atoms with Gasteiger partial charge in [0.1, 0.15) is 0 Å². The van der Waals surface area contributed by atoms with E-state index in [1.54, 1.807) is 4.72 Å². The maximum Gasteiger partial charge on any atom is 0.332 e. The maximum atomic E-state index is 11.8. The average Bonchev–Trinajstić information content (AvgIpc) is 2.28. The zero-order valence-electron chi connectivity index (χ0n) is 9.63. The summed E-state index contributed by atoms with van der Waals surface area (Å²) in [6.07, 6.45) is 3.68. The number of hydrogen-bond acceptors (Lipinski definition) is 5. The molecule has 8 heteroatoms. The molecule has 1 saturated carbocycles. The van der Waals surface area contributed by atoms with Crippen molar-refractivity contribution in [2.24, 2.45) is 0 Å². The molecule has 0 bridgehead atoms. The fourth-order valence-corrected chi connectivity index (χ4v) is 3.31. The first kappa shape index (κ1) is 14.5. The molecule has 18 heavy (non-hydrogen) atoms. The highest BCUT2D eigenvalue weighted by atomic mass is 32.2. The van der Waals surface area contributed by atoms with Crippen molar-refractivity contribution in [3.05, 3.63) is 11.8 Å². The van der Waals surface area contributed by atoms with Gasteiger partial charge < -0.3 is 10.2 Å². The molecule has 0 saturated heterocycles. The van der Waals surface area contributed by atoms with Gasteiger partial charge in [-0.3, -0.25) is 4.79 Å². The quantitative estimate of drug-likeness (QED) is 0.501. The van der Waals surface area contributed by atoms with E-state index in [1.165, 1.54) is 0 Å². The van der Waals surface area contributed by atoms with E-state index >= 15 is 0 Å². The number of hydrogen-bond donors (Lipinski definition) is 3. The lowest BCUT2D eigenvalue weighted by Gasteiger charge is -2.21. The van der Waals surface area contributed by atoms with Crippen LogP contribution < -0.4 is 4.72 Å². The zero-order valence-corrected chi connectivity index (χ0v) is 10.4. The number of carbonyl (C=O) groups excluding carboxylic acids is 1. The monoisotopic (exact) mass is 277 g/mol. The summed E-state index contributed by atoms with van der Waals surface area (Å²) in [6, 6.07) is 0. The molecule has 1 fully saturated rings. The van der Waals surface area contributed by atoms with E-state index in [0.717, 1.165) is 19.3 Å². The van der Waals surface area contributed by atoms with Crippen molar-refractivity contribution in [1.82, 2.24) is 4.72 Å². The van der Waals surface area contributed by atoms with E-state index in [1.807, 2.05) is 0 Å². The first-order valence-corrected chi connectivity index (χ1v) is 7.07. The Kier molecular flexibility index (Phi) is 4.71. The summed E-state index contributed by atoms with van der Waals surface area (Å²) >= 11 is 0. The Morgan fingerprint density at radius 1 is 1.11 bits per heavy atom. The van der Waals surface area contributed by atoms with Crippen LogP contribution in [0.15, 0.2) is 11.8 Å². The minimum atomic E-state index is -3.86. The number of sulfonamides is 1. The number of carboxylic acid groups (broad SMARTS) is 1. The Morgan fingerprint density at radius 3 is 2.17 bits per heavy atom. The molecule has 0 aromatic rings. The molecule has 3 N–H and O–H groups in total. The number of aliphatic hydroxyl groups is 1. The topological polar surface area (TPSA) is 121 Å². The van der Waals surface area contributed by atoms with Gasteiger partial charge >= 0.3 is 5.97 Å². The molecule has 0 atom stereocenters. The fourth-order valence-electron chi connectivity index (χ4n) is 1.82. The first-order chi connectivity index (χ1) is 8.33. The molecule has 0 heterocycles. The van der Waals surface area contributed by atoms with Gasteiger partial charge in [-0.1, -0.05) is 19.3 Å². The van der Waals surface area contributed by atoms with Crippen LogP contribution in [0.5, 0.6) is 0 Å². The number of amides is 1. The van der Waals surface area contributed by atoms with Crippen molar-refractivity contribution in [3.8, 4) is 0 Å². The Bertz CT molecular complexity index is 461. The predicted octanol–water partition coefficient (Wildman–Crippen LogP) is 0.292. The highest BCUT2D eigenvalue weighted by molar-refractivity contribution is 7.90. The van der Waals surface area contributed by atoms with Crippen molar-refractivity contribution < 1.29 is 28.2 Å². The number of carboxylic acids is 1. The van der Waals surface area contributed by atoms with Crippen LogP contribution in [0, 0.1) is 0 Å². The van der Waals surface area contributed by atoms with Gasteiger partial charge in [-0.15, -0.1) is 0 Å². The summed E-state index contributed by atoms with van der Waals surface area (Å²) in [7, 11) is -3.86. The van der Waals surface area contributed by atoms with E-state index in [2.05, 4.69) is 0 Å². The number of aliphatic hydroxyl groups excluding tert-OH is 1. The lowest BCUT2D eigenvalue weighted by Crippen LogP contribution is -2.40. The second-order valence-electron chi connectivity index (χ2n) is 4.10. The molecule has 1 aliphatic carbocycles. The van der Waals surface area contributed by atoms with Crippen LogP contribution in [0.3, 0.4) is 0 Å². The molecule has 7 nitrogen and oxygen atoms in total. The summed E-state index contributed by atoms with van der Waals surface area (Å²) in [5, 5.41) is 16.7. The molecule has 102 valence electrons. The van der Waals surface area contributed by atoms with Crippen molar-refractivity contribution in [1.29, 1.82) is 0 Å². The van der Waals surface area contributed by atoms with E-state index in [4.69, 9.17) is 10.2 Å². The Labute approximate surface area is 105 Å². The fraction of sp³-hybridized carbons (Fsp3) is 0.600. The molecule has 0 aliphatic heterocycles. The summed E-state index contributed by atoms with van der Waals surface area (Å²) in [6.45, 7) is 0. The molecular formula is C10H15NO6S. The third kappa shape index (κ3) is 4.02. The van der Waals surface area contributed by atoms with Gasteiger partial charge in [-0.2, -0.15) is 0 Å². The zero-order chi connectivity index (χ0) is 13.8. The maximum absolute atomic E-state index is 11.8. The SMILES string of the molecule is O=C(O)C=C(O)C(=O)NS(=O)(=O)C1CCCCC1. The molecule has 0 aromatic heterocycles. The largest absolute Gasteiger partial charge is 0.503 e. The van der Waals surface area contributed by atoms with Gasteiger partial charge in [-0.05, 0) is 12.8 Å². The second kappa shape index (κ2) is 5.85. The Balaban J connectivity index is 2.70. The molecule has 1 rings (SSSR count). The molecule has 0 unspecified atom stereocenters. The van der Waals surface area contributed by atoms with Gasteiger partial charge in [-0.25, -0.2) is 17.9 Å². The number of rotatable bonds is 4.